The third kappa shape index (κ3) is 2.61. The van der Waals surface area contributed by atoms with Crippen LogP contribution in [-0.2, 0) is 12.0 Å². The molecule has 8 nitrogen and oxygen atoms in total. The lowest BCUT2D eigenvalue weighted by Crippen LogP contribution is -2.12. The van der Waals surface area contributed by atoms with Gasteiger partial charge in [-0.25, -0.2) is 9.48 Å². The smallest absolute Gasteiger partial charge is 0.358 e. The molecule has 0 unspecified atom stereocenters. The first-order valence-electron chi connectivity index (χ1n) is 5.75. The molecule has 1 N–H and O–H groups in total. The minimum absolute atomic E-state index is 0.0699. The van der Waals surface area contributed by atoms with Crippen LogP contribution in [0, 0.1) is 6.92 Å². The van der Waals surface area contributed by atoms with E-state index in [0.29, 0.717) is 17.4 Å². The third-order valence-electron chi connectivity index (χ3n) is 2.59. The zero-order chi connectivity index (χ0) is 14.2. The summed E-state index contributed by atoms with van der Waals surface area (Å²) in [5.41, 5.74) is 0.156. The fourth-order valence-corrected chi connectivity index (χ4v) is 1.46. The average Bonchev–Trinajstić information content (AvgIpc) is 2.87. The topological polar surface area (TPSA) is 107 Å². The van der Waals surface area contributed by atoms with E-state index in [1.807, 2.05) is 20.8 Å². The molecule has 2 aromatic rings. The zero-order valence-electron chi connectivity index (χ0n) is 11.2. The lowest BCUT2D eigenvalue weighted by Gasteiger charge is -2.10. The van der Waals surface area contributed by atoms with Gasteiger partial charge in [0.1, 0.15) is 6.54 Å². The van der Waals surface area contributed by atoms with Crippen LogP contribution >= 0.6 is 0 Å². The quantitative estimate of drug-likeness (QED) is 0.882. The van der Waals surface area contributed by atoms with Crippen LogP contribution in [0.5, 0.6) is 0 Å². The number of rotatable bonds is 3. The first-order chi connectivity index (χ1) is 8.79. The van der Waals surface area contributed by atoms with Crippen LogP contribution in [0.4, 0.5) is 0 Å². The molecule has 2 rings (SSSR count). The first kappa shape index (κ1) is 13.2. The fraction of sp³-hybridized carbons (Fsp3) is 0.545. The summed E-state index contributed by atoms with van der Waals surface area (Å²) in [6, 6.07) is 0. The zero-order valence-corrected chi connectivity index (χ0v) is 11.2. The number of aromatic carboxylic acids is 1. The number of carboxylic acid groups (broad SMARTS) is 1. The predicted molar refractivity (Wildman–Crippen MR) is 63.8 cm³/mol. The number of aromatic nitrogens is 5. The minimum Gasteiger partial charge on any atom is -0.476 e. The molecular weight excluding hydrogens is 250 g/mol. The molecule has 0 atom stereocenters. The Kier molecular flexibility index (Phi) is 3.09. The summed E-state index contributed by atoms with van der Waals surface area (Å²) >= 11 is 0. The standard InChI is InChI=1S/C11H15N5O3/c1-6-8(9(17)18)13-15-16(6)5-7-12-10(19-14-7)11(2,3)4/h5H2,1-4H3,(H,17,18). The van der Waals surface area contributed by atoms with Gasteiger partial charge in [0.15, 0.2) is 11.5 Å². The van der Waals surface area contributed by atoms with Crippen LogP contribution in [0.2, 0.25) is 0 Å². The van der Waals surface area contributed by atoms with E-state index in [-0.39, 0.29) is 17.7 Å². The van der Waals surface area contributed by atoms with Gasteiger partial charge in [-0.1, -0.05) is 31.1 Å². The summed E-state index contributed by atoms with van der Waals surface area (Å²) < 4.78 is 6.59. The Morgan fingerprint density at radius 2 is 2.11 bits per heavy atom. The molecule has 0 aliphatic carbocycles. The van der Waals surface area contributed by atoms with Crippen molar-refractivity contribution in [2.45, 2.75) is 39.7 Å². The van der Waals surface area contributed by atoms with Crippen LogP contribution in [0.1, 0.15) is 48.7 Å². The molecule has 102 valence electrons. The Morgan fingerprint density at radius 3 is 2.58 bits per heavy atom. The normalized spacial score (nSPS) is 11.8. The summed E-state index contributed by atoms with van der Waals surface area (Å²) in [5.74, 6) is -0.138. The molecule has 0 amide bonds. The second-order valence-corrected chi connectivity index (χ2v) is 5.25. The highest BCUT2D eigenvalue weighted by Gasteiger charge is 2.22. The molecule has 0 aliphatic rings. The van der Waals surface area contributed by atoms with Crippen LogP contribution in [0.15, 0.2) is 4.52 Å². The molecule has 0 aliphatic heterocycles. The van der Waals surface area contributed by atoms with Crippen molar-refractivity contribution in [1.29, 1.82) is 0 Å². The fourth-order valence-electron chi connectivity index (χ4n) is 1.46. The van der Waals surface area contributed by atoms with Crippen molar-refractivity contribution in [2.75, 3.05) is 0 Å². The summed E-state index contributed by atoms with van der Waals surface area (Å²) in [7, 11) is 0. The van der Waals surface area contributed by atoms with Crippen molar-refractivity contribution in [3.8, 4) is 0 Å². The molecule has 0 saturated heterocycles. The van der Waals surface area contributed by atoms with Gasteiger partial charge in [-0.3, -0.25) is 0 Å². The summed E-state index contributed by atoms with van der Waals surface area (Å²) in [6.07, 6.45) is 0. The summed E-state index contributed by atoms with van der Waals surface area (Å²) in [5, 5.41) is 20.1. The summed E-state index contributed by atoms with van der Waals surface area (Å²) in [6.45, 7) is 7.76. The Labute approximate surface area is 109 Å². The van der Waals surface area contributed by atoms with Gasteiger partial charge in [0.2, 0.25) is 5.89 Å². The molecular formula is C11H15N5O3. The van der Waals surface area contributed by atoms with Gasteiger partial charge in [0.25, 0.3) is 0 Å². The number of carboxylic acids is 1. The number of nitrogens with zero attached hydrogens (tertiary/aromatic N) is 5. The van der Waals surface area contributed by atoms with Crippen LogP contribution in [0.3, 0.4) is 0 Å². The second-order valence-electron chi connectivity index (χ2n) is 5.25. The number of carbonyl (C=O) groups is 1. The molecule has 2 heterocycles. The van der Waals surface area contributed by atoms with Gasteiger partial charge in [0, 0.05) is 5.41 Å². The average molecular weight is 265 g/mol. The van der Waals surface area contributed by atoms with Crippen LogP contribution in [-0.4, -0.2) is 36.2 Å². The largest absolute Gasteiger partial charge is 0.476 e. The van der Waals surface area contributed by atoms with Crippen molar-refractivity contribution in [3.63, 3.8) is 0 Å². The third-order valence-corrected chi connectivity index (χ3v) is 2.59. The Balaban J connectivity index is 2.22. The van der Waals surface area contributed by atoms with Crippen molar-refractivity contribution in [1.82, 2.24) is 25.1 Å². The van der Waals surface area contributed by atoms with E-state index < -0.39 is 5.97 Å². The van der Waals surface area contributed by atoms with Gasteiger partial charge in [-0.2, -0.15) is 4.98 Å². The van der Waals surface area contributed by atoms with E-state index in [2.05, 4.69) is 20.5 Å². The van der Waals surface area contributed by atoms with Crippen molar-refractivity contribution in [3.05, 3.63) is 23.1 Å². The Morgan fingerprint density at radius 1 is 1.42 bits per heavy atom. The van der Waals surface area contributed by atoms with Gasteiger partial charge in [-0.15, -0.1) is 5.10 Å². The maximum Gasteiger partial charge on any atom is 0.358 e. The molecule has 2 aromatic heterocycles. The van der Waals surface area contributed by atoms with Crippen molar-refractivity contribution in [2.24, 2.45) is 0 Å². The molecule has 0 radical (unpaired) electrons. The van der Waals surface area contributed by atoms with E-state index in [9.17, 15) is 4.79 Å². The monoisotopic (exact) mass is 265 g/mol. The van der Waals surface area contributed by atoms with E-state index in [1.165, 1.54) is 4.68 Å². The molecule has 0 saturated carbocycles. The minimum atomic E-state index is -1.10. The van der Waals surface area contributed by atoms with E-state index in [4.69, 9.17) is 9.63 Å². The molecule has 0 bridgehead atoms. The van der Waals surface area contributed by atoms with Gasteiger partial charge in [0.05, 0.1) is 5.69 Å². The molecule has 19 heavy (non-hydrogen) atoms. The molecule has 8 heteroatoms. The SMILES string of the molecule is Cc1c(C(=O)O)nnn1Cc1noc(C(C)(C)C)n1. The van der Waals surface area contributed by atoms with Crippen molar-refractivity contribution >= 4 is 5.97 Å². The molecule has 0 fully saturated rings. The first-order valence-corrected chi connectivity index (χ1v) is 5.75. The van der Waals surface area contributed by atoms with Gasteiger partial charge in [-0.05, 0) is 6.92 Å². The maximum atomic E-state index is 10.9. The van der Waals surface area contributed by atoms with E-state index in [1.54, 1.807) is 6.92 Å². The Bertz CT molecular complexity index is 608. The lowest BCUT2D eigenvalue weighted by atomic mass is 9.97. The number of hydrogen-bond acceptors (Lipinski definition) is 6. The summed E-state index contributed by atoms with van der Waals surface area (Å²) in [4.78, 5) is 15.1. The van der Waals surface area contributed by atoms with Crippen molar-refractivity contribution < 1.29 is 14.4 Å². The van der Waals surface area contributed by atoms with E-state index in [0.717, 1.165) is 0 Å². The van der Waals surface area contributed by atoms with Crippen LogP contribution < -0.4 is 0 Å². The van der Waals surface area contributed by atoms with Gasteiger partial charge < -0.3 is 9.63 Å². The molecule has 0 spiro atoms. The number of hydrogen-bond donors (Lipinski definition) is 1. The highest BCUT2D eigenvalue weighted by molar-refractivity contribution is 5.86. The van der Waals surface area contributed by atoms with Gasteiger partial charge >= 0.3 is 5.97 Å². The Hall–Kier alpha value is -2.25. The predicted octanol–water partition coefficient (Wildman–Crippen LogP) is 1.01. The van der Waals surface area contributed by atoms with E-state index >= 15 is 0 Å². The highest BCUT2D eigenvalue weighted by Crippen LogP contribution is 2.19. The highest BCUT2D eigenvalue weighted by atomic mass is 16.5. The molecule has 0 aromatic carbocycles. The maximum absolute atomic E-state index is 10.9. The van der Waals surface area contributed by atoms with Crippen LogP contribution in [0.25, 0.3) is 0 Å². The second kappa shape index (κ2) is 4.45. The lowest BCUT2D eigenvalue weighted by molar-refractivity contribution is 0.0689.